The Hall–Kier alpha value is -3.42. The van der Waals surface area contributed by atoms with Gasteiger partial charge in [-0.05, 0) is 61.7 Å². The van der Waals surface area contributed by atoms with E-state index in [2.05, 4.69) is 10.6 Å². The largest absolute Gasteiger partial charge is 0.466 e. The Morgan fingerprint density at radius 1 is 1.20 bits per heavy atom. The zero-order chi connectivity index (χ0) is 21.7. The molecule has 1 aliphatic rings. The number of rotatable bonds is 6. The average Bonchev–Trinajstić information content (AvgIpc) is 3.06. The highest BCUT2D eigenvalue weighted by Crippen LogP contribution is 2.24. The van der Waals surface area contributed by atoms with Crippen molar-refractivity contribution in [2.75, 3.05) is 23.4 Å². The number of nitrogens with one attached hydrogen (secondary N) is 2. The molecule has 0 unspecified atom stereocenters. The normalized spacial score (nSPS) is 15.8. The second-order valence-electron chi connectivity index (χ2n) is 7.04. The first kappa shape index (κ1) is 21.3. The van der Waals surface area contributed by atoms with E-state index in [-0.39, 0.29) is 24.1 Å². The van der Waals surface area contributed by atoms with Gasteiger partial charge in [0.2, 0.25) is 5.91 Å². The fourth-order valence-corrected chi connectivity index (χ4v) is 3.28. The van der Waals surface area contributed by atoms with E-state index in [0.717, 1.165) is 5.56 Å². The molecule has 1 atom stereocenters. The summed E-state index contributed by atoms with van der Waals surface area (Å²) in [6.45, 7) is 4.16. The highest BCUT2D eigenvalue weighted by molar-refractivity contribution is 6.02. The zero-order valence-corrected chi connectivity index (χ0v) is 16.9. The van der Waals surface area contributed by atoms with Crippen molar-refractivity contribution >= 4 is 29.3 Å². The van der Waals surface area contributed by atoms with Gasteiger partial charge in [0.25, 0.3) is 0 Å². The number of carbonyl (C=O) groups excluding carboxylic acids is 3. The number of urea groups is 1. The number of ether oxygens (including phenoxy) is 1. The third-order valence-corrected chi connectivity index (χ3v) is 4.83. The second kappa shape index (κ2) is 9.39. The lowest BCUT2D eigenvalue weighted by Crippen LogP contribution is -2.43. The Morgan fingerprint density at radius 2 is 1.93 bits per heavy atom. The third-order valence-electron chi connectivity index (χ3n) is 4.83. The molecule has 3 amide bonds. The molecule has 2 aromatic rings. The van der Waals surface area contributed by atoms with Crippen molar-refractivity contribution in [3.05, 3.63) is 59.4 Å². The van der Waals surface area contributed by atoms with Gasteiger partial charge in [0.15, 0.2) is 0 Å². The Labute approximate surface area is 174 Å². The Morgan fingerprint density at radius 3 is 2.60 bits per heavy atom. The van der Waals surface area contributed by atoms with Gasteiger partial charge in [-0.25, -0.2) is 9.18 Å². The van der Waals surface area contributed by atoms with Crippen LogP contribution in [-0.2, 0) is 20.7 Å². The van der Waals surface area contributed by atoms with Crippen LogP contribution in [0, 0.1) is 12.7 Å². The topological polar surface area (TPSA) is 87.7 Å². The highest BCUT2D eigenvalue weighted by atomic mass is 19.1. The van der Waals surface area contributed by atoms with Crippen LogP contribution in [0.5, 0.6) is 0 Å². The monoisotopic (exact) mass is 413 g/mol. The van der Waals surface area contributed by atoms with Gasteiger partial charge in [0.1, 0.15) is 11.9 Å². The molecule has 0 aliphatic carbocycles. The lowest BCUT2D eigenvalue weighted by Gasteiger charge is -2.18. The van der Waals surface area contributed by atoms with E-state index < -0.39 is 12.1 Å². The molecule has 0 saturated carbocycles. The lowest BCUT2D eigenvalue weighted by atomic mass is 10.1. The minimum absolute atomic E-state index is 0.162. The van der Waals surface area contributed by atoms with Crippen molar-refractivity contribution in [1.82, 2.24) is 5.32 Å². The molecule has 1 fully saturated rings. The van der Waals surface area contributed by atoms with E-state index in [1.54, 1.807) is 55.1 Å². The third kappa shape index (κ3) is 5.14. The van der Waals surface area contributed by atoms with Crippen molar-refractivity contribution in [3.63, 3.8) is 0 Å². The number of halogens is 1. The van der Waals surface area contributed by atoms with Crippen LogP contribution in [-0.4, -0.2) is 37.1 Å². The van der Waals surface area contributed by atoms with E-state index in [4.69, 9.17) is 4.74 Å². The van der Waals surface area contributed by atoms with Crippen molar-refractivity contribution in [2.24, 2.45) is 0 Å². The molecule has 30 heavy (non-hydrogen) atoms. The van der Waals surface area contributed by atoms with Gasteiger partial charge in [-0.1, -0.05) is 12.1 Å². The molecule has 2 N–H and O–H groups in total. The van der Waals surface area contributed by atoms with Crippen LogP contribution in [0.15, 0.2) is 42.5 Å². The van der Waals surface area contributed by atoms with Gasteiger partial charge < -0.3 is 20.3 Å². The van der Waals surface area contributed by atoms with Crippen LogP contribution in [0.25, 0.3) is 0 Å². The predicted molar refractivity (Wildman–Crippen MR) is 111 cm³/mol. The highest BCUT2D eigenvalue weighted by Gasteiger charge is 2.33. The molecule has 1 heterocycles. The summed E-state index contributed by atoms with van der Waals surface area (Å²) in [5.74, 6) is -0.870. The number of aryl methyl sites for hydroxylation is 1. The molecule has 7 nitrogen and oxygen atoms in total. The molecule has 0 aromatic heterocycles. The first-order chi connectivity index (χ1) is 14.4. The van der Waals surface area contributed by atoms with Crippen LogP contribution in [0.3, 0.4) is 0 Å². The molecular weight excluding hydrogens is 389 g/mol. The quantitative estimate of drug-likeness (QED) is 0.712. The van der Waals surface area contributed by atoms with E-state index in [1.165, 1.54) is 6.07 Å². The molecule has 3 rings (SSSR count). The first-order valence-corrected chi connectivity index (χ1v) is 9.77. The Bertz CT molecular complexity index is 946. The number of hydrogen-bond donors (Lipinski definition) is 2. The molecule has 1 aliphatic heterocycles. The smallest absolute Gasteiger partial charge is 0.319 e. The Kier molecular flexibility index (Phi) is 6.66. The van der Waals surface area contributed by atoms with Gasteiger partial charge in [0.05, 0.1) is 13.0 Å². The maximum atomic E-state index is 13.5. The van der Waals surface area contributed by atoms with Crippen LogP contribution in [0.4, 0.5) is 20.6 Å². The molecule has 158 valence electrons. The fourth-order valence-electron chi connectivity index (χ4n) is 3.28. The zero-order valence-electron chi connectivity index (χ0n) is 16.9. The van der Waals surface area contributed by atoms with Gasteiger partial charge in [-0.2, -0.15) is 0 Å². The van der Waals surface area contributed by atoms with Gasteiger partial charge in [-0.15, -0.1) is 0 Å². The lowest BCUT2D eigenvalue weighted by molar-refractivity contribution is -0.142. The minimum atomic E-state index is -0.654. The number of benzene rings is 2. The number of esters is 1. The summed E-state index contributed by atoms with van der Waals surface area (Å²) < 4.78 is 18.4. The van der Waals surface area contributed by atoms with Crippen molar-refractivity contribution in [2.45, 2.75) is 32.7 Å². The molecule has 8 heteroatoms. The summed E-state index contributed by atoms with van der Waals surface area (Å²) in [7, 11) is 0. The van der Waals surface area contributed by atoms with Crippen molar-refractivity contribution < 1.29 is 23.5 Å². The Balaban J connectivity index is 1.54. The number of anilines is 2. The molecule has 0 bridgehead atoms. The number of hydrogen-bond acceptors (Lipinski definition) is 4. The van der Waals surface area contributed by atoms with Crippen LogP contribution < -0.4 is 15.5 Å². The maximum Gasteiger partial charge on any atom is 0.319 e. The second-order valence-corrected chi connectivity index (χ2v) is 7.04. The summed E-state index contributed by atoms with van der Waals surface area (Å²) in [5, 5.41) is 5.36. The summed E-state index contributed by atoms with van der Waals surface area (Å²) >= 11 is 0. The summed E-state index contributed by atoms with van der Waals surface area (Å²) in [4.78, 5) is 38.0. The standard InChI is InChI=1S/C22H24FN3O4/c1-3-30-20(27)13-15-4-6-16(7-5-15)24-22(29)25-19-10-11-26(21(19)28)17-8-9-18(23)14(2)12-17/h4-9,12,19H,3,10-11,13H2,1-2H3,(H2,24,25,29)/t19-/m0/s1. The van der Waals surface area contributed by atoms with Gasteiger partial charge in [-0.3, -0.25) is 9.59 Å². The first-order valence-electron chi connectivity index (χ1n) is 9.77. The molecular formula is C22H24FN3O4. The summed E-state index contributed by atoms with van der Waals surface area (Å²) in [6.07, 6.45) is 0.622. The molecule has 0 radical (unpaired) electrons. The van der Waals surface area contributed by atoms with Crippen LogP contribution >= 0.6 is 0 Å². The molecule has 0 spiro atoms. The molecule has 1 saturated heterocycles. The summed E-state index contributed by atoms with van der Waals surface area (Å²) in [5.41, 5.74) is 2.38. The van der Waals surface area contributed by atoms with E-state index in [9.17, 15) is 18.8 Å². The SMILES string of the molecule is CCOC(=O)Cc1ccc(NC(=O)N[C@H]2CCN(c3ccc(F)c(C)c3)C2=O)cc1. The van der Waals surface area contributed by atoms with E-state index >= 15 is 0 Å². The van der Waals surface area contributed by atoms with E-state index in [1.807, 2.05) is 0 Å². The average molecular weight is 413 g/mol. The van der Waals surface area contributed by atoms with Crippen LogP contribution in [0.1, 0.15) is 24.5 Å². The fraction of sp³-hybridized carbons (Fsp3) is 0.318. The van der Waals surface area contributed by atoms with Crippen molar-refractivity contribution in [3.8, 4) is 0 Å². The summed E-state index contributed by atoms with van der Waals surface area (Å²) in [6, 6.07) is 10.2. The number of nitrogens with zero attached hydrogens (tertiary/aromatic N) is 1. The molecule has 2 aromatic carbocycles. The van der Waals surface area contributed by atoms with Gasteiger partial charge >= 0.3 is 12.0 Å². The van der Waals surface area contributed by atoms with Crippen LogP contribution in [0.2, 0.25) is 0 Å². The minimum Gasteiger partial charge on any atom is -0.466 e. The number of carbonyl (C=O) groups is 3. The predicted octanol–water partition coefficient (Wildman–Crippen LogP) is 3.17. The van der Waals surface area contributed by atoms with E-state index in [0.29, 0.717) is 36.5 Å². The van der Waals surface area contributed by atoms with Crippen molar-refractivity contribution in [1.29, 1.82) is 0 Å². The van der Waals surface area contributed by atoms with Gasteiger partial charge in [0, 0.05) is 17.9 Å². The number of amides is 3. The maximum absolute atomic E-state index is 13.5.